The number of carbonyl (C=O) groups is 3. The van der Waals surface area contributed by atoms with Crippen LogP contribution in [0.4, 0.5) is 10.5 Å². The van der Waals surface area contributed by atoms with E-state index in [0.29, 0.717) is 18.0 Å². The topological polar surface area (TPSA) is 97.0 Å². The SMILES string of the molecule is O=C1NC(=O)C2(Cc3c(ccc4ccccc34)N(Cc3ccc4c(c3)OCO4)C2)C(=O)N1. The number of hydrogen-bond acceptors (Lipinski definition) is 6. The normalized spacial score (nSPS) is 18.5. The first-order valence-electron chi connectivity index (χ1n) is 10.3. The van der Waals surface area contributed by atoms with Crippen molar-refractivity contribution in [2.45, 2.75) is 13.0 Å². The van der Waals surface area contributed by atoms with Crippen molar-refractivity contribution in [1.29, 1.82) is 0 Å². The molecule has 1 spiro atoms. The van der Waals surface area contributed by atoms with Gasteiger partial charge in [-0.05, 0) is 40.1 Å². The number of benzene rings is 3. The van der Waals surface area contributed by atoms with E-state index in [1.54, 1.807) is 0 Å². The predicted octanol–water partition coefficient (Wildman–Crippen LogP) is 2.48. The van der Waals surface area contributed by atoms with Crippen molar-refractivity contribution < 1.29 is 23.9 Å². The van der Waals surface area contributed by atoms with Crippen LogP contribution in [0.5, 0.6) is 11.5 Å². The Kier molecular flexibility index (Phi) is 3.92. The minimum absolute atomic E-state index is 0.151. The molecule has 3 aliphatic rings. The lowest BCUT2D eigenvalue weighted by Gasteiger charge is -2.44. The number of urea groups is 1. The van der Waals surface area contributed by atoms with Crippen molar-refractivity contribution in [3.8, 4) is 11.5 Å². The lowest BCUT2D eigenvalue weighted by molar-refractivity contribution is -0.144. The summed E-state index contributed by atoms with van der Waals surface area (Å²) in [4.78, 5) is 39.8. The Morgan fingerprint density at radius 2 is 1.69 bits per heavy atom. The molecule has 2 N–H and O–H groups in total. The molecule has 1 fully saturated rings. The molecular weight excluding hydrogens is 410 g/mol. The number of nitrogens with one attached hydrogen (secondary N) is 2. The maximum absolute atomic E-state index is 13.0. The molecule has 3 aromatic rings. The Bertz CT molecular complexity index is 1300. The standard InChI is InChI=1S/C24H19N3O5/c28-21-24(22(29)26-23(30)25-21)10-17-16-4-2-1-3-15(16)6-7-18(17)27(12-24)11-14-5-8-19-20(9-14)32-13-31-19/h1-9H,10-13H2,(H2,25,26,28,29,30). The zero-order valence-corrected chi connectivity index (χ0v) is 17.0. The molecule has 0 unspecified atom stereocenters. The summed E-state index contributed by atoms with van der Waals surface area (Å²) in [6, 6.07) is 16.9. The van der Waals surface area contributed by atoms with Crippen LogP contribution in [-0.4, -0.2) is 31.2 Å². The maximum Gasteiger partial charge on any atom is 0.328 e. The van der Waals surface area contributed by atoms with E-state index in [0.717, 1.165) is 27.6 Å². The van der Waals surface area contributed by atoms with Crippen molar-refractivity contribution in [2.75, 3.05) is 18.2 Å². The van der Waals surface area contributed by atoms with Gasteiger partial charge >= 0.3 is 6.03 Å². The van der Waals surface area contributed by atoms with E-state index in [2.05, 4.69) is 10.6 Å². The number of fused-ring (bicyclic) bond motifs is 4. The van der Waals surface area contributed by atoms with Crippen molar-refractivity contribution in [3.63, 3.8) is 0 Å². The van der Waals surface area contributed by atoms with Crippen LogP contribution in [0.25, 0.3) is 10.8 Å². The summed E-state index contributed by atoms with van der Waals surface area (Å²) < 4.78 is 10.9. The Balaban J connectivity index is 1.48. The van der Waals surface area contributed by atoms with Crippen LogP contribution in [0.2, 0.25) is 0 Å². The lowest BCUT2D eigenvalue weighted by atomic mass is 9.73. The number of imide groups is 2. The predicted molar refractivity (Wildman–Crippen MR) is 115 cm³/mol. The van der Waals surface area contributed by atoms with Gasteiger partial charge in [-0.25, -0.2) is 4.79 Å². The van der Waals surface area contributed by atoms with Gasteiger partial charge in [0.25, 0.3) is 0 Å². The van der Waals surface area contributed by atoms with Gasteiger partial charge in [0.1, 0.15) is 5.41 Å². The van der Waals surface area contributed by atoms with E-state index in [1.165, 1.54) is 0 Å². The summed E-state index contributed by atoms with van der Waals surface area (Å²) in [5, 5.41) is 6.60. The second-order valence-corrected chi connectivity index (χ2v) is 8.32. The molecule has 1 saturated heterocycles. The molecule has 4 amide bonds. The average molecular weight is 429 g/mol. The third-order valence-electron chi connectivity index (χ3n) is 6.43. The van der Waals surface area contributed by atoms with Gasteiger partial charge in [0.2, 0.25) is 18.6 Å². The fourth-order valence-electron chi connectivity index (χ4n) is 4.86. The zero-order valence-electron chi connectivity index (χ0n) is 17.0. The molecule has 8 heteroatoms. The number of anilines is 1. The van der Waals surface area contributed by atoms with Gasteiger partial charge in [0.15, 0.2) is 11.5 Å². The quantitative estimate of drug-likeness (QED) is 0.608. The van der Waals surface area contributed by atoms with Gasteiger partial charge in [0, 0.05) is 25.2 Å². The molecular formula is C24H19N3O5. The number of amides is 4. The fraction of sp³-hybridized carbons (Fsp3) is 0.208. The first kappa shape index (κ1) is 18.7. The van der Waals surface area contributed by atoms with Crippen LogP contribution in [-0.2, 0) is 22.6 Å². The fourth-order valence-corrected chi connectivity index (χ4v) is 4.86. The second-order valence-electron chi connectivity index (χ2n) is 8.32. The molecule has 3 aliphatic heterocycles. The van der Waals surface area contributed by atoms with Crippen molar-refractivity contribution in [2.24, 2.45) is 5.41 Å². The number of ether oxygens (including phenoxy) is 2. The van der Waals surface area contributed by atoms with Crippen LogP contribution in [0.1, 0.15) is 11.1 Å². The molecule has 0 bridgehead atoms. The largest absolute Gasteiger partial charge is 0.454 e. The molecule has 160 valence electrons. The van der Waals surface area contributed by atoms with Crippen molar-refractivity contribution in [1.82, 2.24) is 10.6 Å². The van der Waals surface area contributed by atoms with Gasteiger partial charge in [-0.3, -0.25) is 20.2 Å². The highest BCUT2D eigenvalue weighted by atomic mass is 16.7. The first-order valence-corrected chi connectivity index (χ1v) is 10.3. The van der Waals surface area contributed by atoms with Crippen LogP contribution in [0.3, 0.4) is 0 Å². The van der Waals surface area contributed by atoms with E-state index in [4.69, 9.17) is 9.47 Å². The number of barbiturate groups is 1. The van der Waals surface area contributed by atoms with Crippen molar-refractivity contribution >= 4 is 34.3 Å². The average Bonchev–Trinajstić information content (AvgIpc) is 3.25. The summed E-state index contributed by atoms with van der Waals surface area (Å²) in [5.74, 6) is 0.229. The van der Waals surface area contributed by atoms with E-state index in [-0.39, 0.29) is 19.8 Å². The van der Waals surface area contributed by atoms with Gasteiger partial charge < -0.3 is 14.4 Å². The molecule has 0 saturated carbocycles. The summed E-state index contributed by atoms with van der Waals surface area (Å²) in [6.07, 6.45) is 0.215. The van der Waals surface area contributed by atoms with Gasteiger partial charge in [-0.15, -0.1) is 0 Å². The van der Waals surface area contributed by atoms with Gasteiger partial charge in [-0.2, -0.15) is 0 Å². The van der Waals surface area contributed by atoms with Crippen LogP contribution in [0, 0.1) is 5.41 Å². The Morgan fingerprint density at radius 1 is 0.906 bits per heavy atom. The van der Waals surface area contributed by atoms with Gasteiger partial charge in [0.05, 0.1) is 0 Å². The van der Waals surface area contributed by atoms with Crippen LogP contribution >= 0.6 is 0 Å². The lowest BCUT2D eigenvalue weighted by Crippen LogP contribution is -2.67. The van der Waals surface area contributed by atoms with Crippen LogP contribution < -0.4 is 25.0 Å². The summed E-state index contributed by atoms with van der Waals surface area (Å²) >= 11 is 0. The number of nitrogens with zero attached hydrogens (tertiary/aromatic N) is 1. The Labute approximate surface area is 183 Å². The molecule has 0 radical (unpaired) electrons. The Morgan fingerprint density at radius 3 is 2.53 bits per heavy atom. The van der Waals surface area contributed by atoms with Crippen LogP contribution in [0.15, 0.2) is 54.6 Å². The number of carbonyl (C=O) groups excluding carboxylic acids is 3. The molecule has 3 aromatic carbocycles. The highest BCUT2D eigenvalue weighted by Gasteiger charge is 2.54. The van der Waals surface area contributed by atoms with E-state index >= 15 is 0 Å². The molecule has 6 rings (SSSR count). The van der Waals surface area contributed by atoms with Crippen molar-refractivity contribution in [3.05, 3.63) is 65.7 Å². The Hall–Kier alpha value is -4.07. The monoisotopic (exact) mass is 429 g/mol. The summed E-state index contributed by atoms with van der Waals surface area (Å²) in [6.45, 7) is 0.796. The highest BCUT2D eigenvalue weighted by molar-refractivity contribution is 6.20. The summed E-state index contributed by atoms with van der Waals surface area (Å²) in [7, 11) is 0. The third kappa shape index (κ3) is 2.72. The molecule has 32 heavy (non-hydrogen) atoms. The minimum Gasteiger partial charge on any atom is -0.454 e. The number of hydrogen-bond donors (Lipinski definition) is 2. The maximum atomic E-state index is 13.0. The van der Waals surface area contributed by atoms with E-state index < -0.39 is 23.3 Å². The number of rotatable bonds is 2. The van der Waals surface area contributed by atoms with Gasteiger partial charge in [-0.1, -0.05) is 36.4 Å². The molecule has 0 atom stereocenters. The second kappa shape index (κ2) is 6.71. The molecule has 0 aliphatic carbocycles. The summed E-state index contributed by atoms with van der Waals surface area (Å²) in [5.41, 5.74) is 1.43. The van der Waals surface area contributed by atoms with E-state index in [1.807, 2.05) is 59.5 Å². The molecule has 8 nitrogen and oxygen atoms in total. The minimum atomic E-state index is -1.40. The smallest absolute Gasteiger partial charge is 0.328 e. The zero-order chi connectivity index (χ0) is 21.9. The first-order chi connectivity index (χ1) is 15.5. The van der Waals surface area contributed by atoms with E-state index in [9.17, 15) is 14.4 Å². The molecule has 0 aromatic heterocycles. The molecule has 3 heterocycles. The highest BCUT2D eigenvalue weighted by Crippen LogP contribution is 2.43. The third-order valence-corrected chi connectivity index (χ3v) is 6.43.